The second-order valence-electron chi connectivity index (χ2n) is 5.16. The lowest BCUT2D eigenvalue weighted by Gasteiger charge is -2.29. The molecule has 21 heavy (non-hydrogen) atoms. The Morgan fingerprint density at radius 2 is 1.86 bits per heavy atom. The van der Waals surface area contributed by atoms with Gasteiger partial charge in [-0.05, 0) is 29.7 Å². The van der Waals surface area contributed by atoms with Gasteiger partial charge >= 0.3 is 5.97 Å². The van der Waals surface area contributed by atoms with Crippen molar-refractivity contribution in [2.75, 3.05) is 6.54 Å². The molecule has 0 spiro atoms. The number of benzene rings is 1. The van der Waals surface area contributed by atoms with Crippen molar-refractivity contribution in [2.24, 2.45) is 0 Å². The lowest BCUT2D eigenvalue weighted by Crippen LogP contribution is -2.38. The van der Waals surface area contributed by atoms with Crippen LogP contribution in [0.5, 0.6) is 0 Å². The van der Waals surface area contributed by atoms with E-state index in [4.69, 9.17) is 5.11 Å². The third-order valence-electron chi connectivity index (χ3n) is 3.84. The number of rotatable bonds is 3. The summed E-state index contributed by atoms with van der Waals surface area (Å²) in [6.45, 7) is 1.34. The largest absolute Gasteiger partial charge is 0.477 e. The molecule has 5 nitrogen and oxygen atoms in total. The first-order valence-electron chi connectivity index (χ1n) is 6.88. The molecular weight excluding hydrogens is 268 g/mol. The average molecular weight is 284 g/mol. The molecule has 1 aromatic carbocycles. The monoisotopic (exact) mass is 284 g/mol. The normalized spacial score (nSPS) is 13.8. The first kappa shape index (κ1) is 13.4. The quantitative estimate of drug-likeness (QED) is 0.934. The van der Waals surface area contributed by atoms with Gasteiger partial charge in [0.1, 0.15) is 12.2 Å². The van der Waals surface area contributed by atoms with Crippen molar-refractivity contribution in [3.05, 3.63) is 59.4 Å². The van der Waals surface area contributed by atoms with Gasteiger partial charge < -0.3 is 14.6 Å². The standard InChI is InChI=1S/C16H16N2O3/c19-15(11-17-8-3-6-14(17)16(20)21)18-9-7-12-4-1-2-5-13(12)10-18/h1-6,8H,7,9-11H2,(H,20,21). The van der Waals surface area contributed by atoms with Gasteiger partial charge in [-0.1, -0.05) is 24.3 Å². The van der Waals surface area contributed by atoms with E-state index >= 15 is 0 Å². The van der Waals surface area contributed by atoms with Gasteiger partial charge in [0.15, 0.2) is 0 Å². The number of carbonyl (C=O) groups is 2. The van der Waals surface area contributed by atoms with Crippen molar-refractivity contribution in [1.29, 1.82) is 0 Å². The van der Waals surface area contributed by atoms with E-state index in [0.717, 1.165) is 6.42 Å². The van der Waals surface area contributed by atoms with Gasteiger partial charge in [0.25, 0.3) is 0 Å². The third-order valence-corrected chi connectivity index (χ3v) is 3.84. The second kappa shape index (κ2) is 5.44. The van der Waals surface area contributed by atoms with E-state index in [1.165, 1.54) is 21.8 Å². The molecule has 0 fully saturated rings. The van der Waals surface area contributed by atoms with Crippen molar-refractivity contribution in [1.82, 2.24) is 9.47 Å². The molecule has 1 amide bonds. The molecule has 0 radical (unpaired) electrons. The Hall–Kier alpha value is -2.56. The second-order valence-corrected chi connectivity index (χ2v) is 5.16. The lowest BCUT2D eigenvalue weighted by molar-refractivity contribution is -0.132. The molecule has 0 aliphatic carbocycles. The van der Waals surface area contributed by atoms with Crippen LogP contribution in [0.4, 0.5) is 0 Å². The molecule has 2 aromatic rings. The Kier molecular flexibility index (Phi) is 3.48. The van der Waals surface area contributed by atoms with Crippen molar-refractivity contribution < 1.29 is 14.7 Å². The summed E-state index contributed by atoms with van der Waals surface area (Å²) in [5, 5.41) is 9.06. The molecule has 0 saturated heterocycles. The summed E-state index contributed by atoms with van der Waals surface area (Å²) in [7, 11) is 0. The maximum absolute atomic E-state index is 12.4. The Bertz CT molecular complexity index is 690. The fourth-order valence-corrected chi connectivity index (χ4v) is 2.70. The molecule has 108 valence electrons. The topological polar surface area (TPSA) is 62.5 Å². The number of carbonyl (C=O) groups excluding carboxylic acids is 1. The Labute approximate surface area is 122 Å². The van der Waals surface area contributed by atoms with Crippen LogP contribution >= 0.6 is 0 Å². The molecule has 0 saturated carbocycles. The highest BCUT2D eigenvalue weighted by Gasteiger charge is 2.21. The SMILES string of the molecule is O=C(O)c1cccn1CC(=O)N1CCc2ccccc2C1. The summed E-state index contributed by atoms with van der Waals surface area (Å²) in [6.07, 6.45) is 2.47. The summed E-state index contributed by atoms with van der Waals surface area (Å²) in [6, 6.07) is 11.2. The number of aromatic carboxylic acids is 1. The van der Waals surface area contributed by atoms with Crippen LogP contribution in [0.2, 0.25) is 0 Å². The van der Waals surface area contributed by atoms with Gasteiger partial charge in [0.05, 0.1) is 0 Å². The molecule has 0 bridgehead atoms. The van der Waals surface area contributed by atoms with Crippen LogP contribution in [0.15, 0.2) is 42.6 Å². The summed E-state index contributed by atoms with van der Waals surface area (Å²) in [4.78, 5) is 25.2. The highest BCUT2D eigenvalue weighted by atomic mass is 16.4. The molecule has 3 rings (SSSR count). The number of hydrogen-bond acceptors (Lipinski definition) is 2. The van der Waals surface area contributed by atoms with Crippen LogP contribution in [0.1, 0.15) is 21.6 Å². The summed E-state index contributed by atoms with van der Waals surface area (Å²) >= 11 is 0. The van der Waals surface area contributed by atoms with E-state index in [2.05, 4.69) is 6.07 Å². The van der Waals surface area contributed by atoms with E-state index in [9.17, 15) is 9.59 Å². The van der Waals surface area contributed by atoms with Crippen LogP contribution in [0, 0.1) is 0 Å². The number of aromatic nitrogens is 1. The van der Waals surface area contributed by atoms with Crippen molar-refractivity contribution >= 4 is 11.9 Å². The van der Waals surface area contributed by atoms with Gasteiger partial charge in [-0.25, -0.2) is 4.79 Å². The zero-order valence-corrected chi connectivity index (χ0v) is 11.5. The summed E-state index contributed by atoms with van der Waals surface area (Å²) < 4.78 is 1.48. The van der Waals surface area contributed by atoms with Gasteiger partial charge in [-0.2, -0.15) is 0 Å². The van der Waals surface area contributed by atoms with Crippen LogP contribution in [-0.2, 0) is 24.3 Å². The Balaban J connectivity index is 1.72. The first-order valence-corrected chi connectivity index (χ1v) is 6.88. The number of carboxylic acid groups (broad SMARTS) is 1. The summed E-state index contributed by atoms with van der Waals surface area (Å²) in [5.74, 6) is -1.07. The number of fused-ring (bicyclic) bond motifs is 1. The lowest BCUT2D eigenvalue weighted by atomic mass is 10.00. The molecule has 1 aliphatic rings. The fourth-order valence-electron chi connectivity index (χ4n) is 2.70. The minimum atomic E-state index is -1.02. The van der Waals surface area contributed by atoms with Gasteiger partial charge in [0, 0.05) is 19.3 Å². The Morgan fingerprint density at radius 3 is 2.62 bits per heavy atom. The average Bonchev–Trinajstić information content (AvgIpc) is 2.95. The van der Waals surface area contributed by atoms with E-state index in [1.807, 2.05) is 18.2 Å². The molecule has 1 aliphatic heterocycles. The zero-order chi connectivity index (χ0) is 14.8. The molecule has 0 atom stereocenters. The number of nitrogens with zero attached hydrogens (tertiary/aromatic N) is 2. The first-order chi connectivity index (χ1) is 10.1. The number of hydrogen-bond donors (Lipinski definition) is 1. The molecular formula is C16H16N2O3. The van der Waals surface area contributed by atoms with Gasteiger partial charge in [-0.3, -0.25) is 4.79 Å². The minimum Gasteiger partial charge on any atom is -0.477 e. The molecule has 1 aromatic heterocycles. The highest BCUT2D eigenvalue weighted by molar-refractivity contribution is 5.87. The zero-order valence-electron chi connectivity index (χ0n) is 11.5. The smallest absolute Gasteiger partial charge is 0.352 e. The van der Waals surface area contributed by atoms with Crippen LogP contribution in [-0.4, -0.2) is 33.0 Å². The summed E-state index contributed by atoms with van der Waals surface area (Å²) in [5.41, 5.74) is 2.59. The van der Waals surface area contributed by atoms with Gasteiger partial charge in [-0.15, -0.1) is 0 Å². The van der Waals surface area contributed by atoms with E-state index in [1.54, 1.807) is 17.2 Å². The highest BCUT2D eigenvalue weighted by Crippen LogP contribution is 2.19. The van der Waals surface area contributed by atoms with Crippen molar-refractivity contribution in [3.8, 4) is 0 Å². The molecule has 1 N–H and O–H groups in total. The Morgan fingerprint density at radius 1 is 1.10 bits per heavy atom. The molecule has 5 heteroatoms. The maximum Gasteiger partial charge on any atom is 0.352 e. The van der Waals surface area contributed by atoms with Crippen LogP contribution in [0.3, 0.4) is 0 Å². The third kappa shape index (κ3) is 2.67. The van der Waals surface area contributed by atoms with E-state index in [-0.39, 0.29) is 18.1 Å². The van der Waals surface area contributed by atoms with Gasteiger partial charge in [0.2, 0.25) is 5.91 Å². The van der Waals surface area contributed by atoms with Crippen molar-refractivity contribution in [2.45, 2.75) is 19.5 Å². The number of amides is 1. The van der Waals surface area contributed by atoms with Crippen LogP contribution in [0.25, 0.3) is 0 Å². The molecule has 0 unspecified atom stereocenters. The fraction of sp³-hybridized carbons (Fsp3) is 0.250. The van der Waals surface area contributed by atoms with Crippen LogP contribution < -0.4 is 0 Å². The predicted octanol–water partition coefficient (Wildman–Crippen LogP) is 1.77. The van der Waals surface area contributed by atoms with Crippen molar-refractivity contribution in [3.63, 3.8) is 0 Å². The minimum absolute atomic E-state index is 0.0526. The number of carboxylic acids is 1. The maximum atomic E-state index is 12.4. The van der Waals surface area contributed by atoms with E-state index in [0.29, 0.717) is 13.1 Å². The predicted molar refractivity (Wildman–Crippen MR) is 77.0 cm³/mol. The molecule has 2 heterocycles. The van der Waals surface area contributed by atoms with E-state index < -0.39 is 5.97 Å².